The van der Waals surface area contributed by atoms with Gasteiger partial charge in [-0.25, -0.2) is 0 Å². The molecule has 13 heteroatoms. The van der Waals surface area contributed by atoms with Crippen LogP contribution >= 0.6 is 12.6 Å². The third-order valence-corrected chi connectivity index (χ3v) is 4.21. The van der Waals surface area contributed by atoms with E-state index in [1.807, 2.05) is 0 Å². The molecule has 0 saturated carbocycles. The van der Waals surface area contributed by atoms with Gasteiger partial charge in [0.15, 0.2) is 0 Å². The van der Waals surface area contributed by atoms with Crippen molar-refractivity contribution in [2.75, 3.05) is 18.8 Å². The smallest absolute Gasteiger partial charge is 0.322 e. The van der Waals surface area contributed by atoms with Gasteiger partial charge in [0.1, 0.15) is 18.6 Å². The lowest BCUT2D eigenvalue weighted by molar-refractivity contribution is -0.138. The van der Waals surface area contributed by atoms with Crippen molar-refractivity contribution in [1.29, 1.82) is 0 Å². The Morgan fingerprint density at radius 3 is 2.07 bits per heavy atom. The van der Waals surface area contributed by atoms with Crippen molar-refractivity contribution in [3.8, 4) is 0 Å². The third kappa shape index (κ3) is 11.9. The van der Waals surface area contributed by atoms with E-state index in [-0.39, 0.29) is 25.0 Å². The minimum atomic E-state index is -1.23. The summed E-state index contributed by atoms with van der Waals surface area (Å²) in [6, 6.07) is -3.14. The summed E-state index contributed by atoms with van der Waals surface area (Å²) in [7, 11) is 0. The molecule has 0 fully saturated rings. The fourth-order valence-corrected chi connectivity index (χ4v) is 2.48. The van der Waals surface area contributed by atoms with Crippen molar-refractivity contribution in [2.24, 2.45) is 17.2 Å². The van der Waals surface area contributed by atoms with E-state index in [0.717, 1.165) is 0 Å². The molecule has 3 atom stereocenters. The molecule has 0 rings (SSSR count). The normalized spacial score (nSPS) is 13.6. The number of unbranched alkanes of at least 4 members (excludes halogenated alkanes) is 1. The Balaban J connectivity index is 4.92. The summed E-state index contributed by atoms with van der Waals surface area (Å²) < 4.78 is 0. The highest BCUT2D eigenvalue weighted by Crippen LogP contribution is 2.03. The van der Waals surface area contributed by atoms with E-state index in [1.165, 1.54) is 0 Å². The van der Waals surface area contributed by atoms with Gasteiger partial charge in [0.05, 0.1) is 6.04 Å². The maximum absolute atomic E-state index is 12.5. The average molecular weight is 435 g/mol. The number of hydrogen-bond acceptors (Lipinski definition) is 8. The van der Waals surface area contributed by atoms with Gasteiger partial charge in [-0.05, 0) is 32.2 Å². The highest BCUT2D eigenvalue weighted by atomic mass is 32.1. The molecule has 29 heavy (non-hydrogen) atoms. The molecule has 0 aliphatic carbocycles. The Bertz CT molecular complexity index is 590. The second kappa shape index (κ2) is 14.6. The Morgan fingerprint density at radius 1 is 0.931 bits per heavy atom. The van der Waals surface area contributed by atoms with Crippen LogP contribution in [0.5, 0.6) is 0 Å². The highest BCUT2D eigenvalue weighted by Gasteiger charge is 2.27. The van der Waals surface area contributed by atoms with Crippen LogP contribution in [0.4, 0.5) is 0 Å². The van der Waals surface area contributed by atoms with Crippen LogP contribution in [0.3, 0.4) is 0 Å². The number of carbonyl (C=O) groups excluding carboxylic acids is 4. The standard InChI is InChI=1S/C16H30N6O6S/c17-6-2-1-3-10(15(27)20-7-13(24)25)21-16(28)11(8-29)22-14(26)9(18)4-5-12(19)23/h9-11,29H,1-8,17-18H2,(H2,19,23)(H,20,27)(H,21,28)(H,22,26)(H,24,25). The van der Waals surface area contributed by atoms with Crippen molar-refractivity contribution in [3.05, 3.63) is 0 Å². The zero-order valence-electron chi connectivity index (χ0n) is 16.1. The number of aliphatic carboxylic acids is 1. The number of amides is 4. The summed E-state index contributed by atoms with van der Waals surface area (Å²) >= 11 is 4.03. The van der Waals surface area contributed by atoms with Crippen LogP contribution in [0.25, 0.3) is 0 Å². The SMILES string of the molecule is NCCCCC(NC(=O)C(CS)NC(=O)C(N)CCC(N)=O)C(=O)NCC(=O)O. The Hall–Kier alpha value is -2.38. The van der Waals surface area contributed by atoms with Crippen molar-refractivity contribution in [3.63, 3.8) is 0 Å². The lowest BCUT2D eigenvalue weighted by Crippen LogP contribution is -2.56. The minimum absolute atomic E-state index is 0.0153. The number of carbonyl (C=O) groups is 5. The van der Waals surface area contributed by atoms with Crippen LogP contribution in [0, 0.1) is 0 Å². The predicted molar refractivity (Wildman–Crippen MR) is 108 cm³/mol. The first-order valence-electron chi connectivity index (χ1n) is 9.07. The van der Waals surface area contributed by atoms with Gasteiger partial charge in [-0.3, -0.25) is 24.0 Å². The fraction of sp³-hybridized carbons (Fsp3) is 0.688. The number of carboxylic acids is 1. The molecule has 0 aliphatic rings. The maximum Gasteiger partial charge on any atom is 0.322 e. The summed E-state index contributed by atoms with van der Waals surface area (Å²) in [5.41, 5.74) is 16.1. The highest BCUT2D eigenvalue weighted by molar-refractivity contribution is 7.80. The van der Waals surface area contributed by atoms with E-state index >= 15 is 0 Å². The summed E-state index contributed by atoms with van der Waals surface area (Å²) in [6.45, 7) is -0.195. The van der Waals surface area contributed by atoms with Gasteiger partial charge < -0.3 is 38.3 Å². The van der Waals surface area contributed by atoms with Crippen LogP contribution < -0.4 is 33.2 Å². The Kier molecular flexibility index (Phi) is 13.4. The number of primary amides is 1. The average Bonchev–Trinajstić information content (AvgIpc) is 2.67. The monoisotopic (exact) mass is 434 g/mol. The van der Waals surface area contributed by atoms with Crippen LogP contribution in [0.1, 0.15) is 32.1 Å². The molecular formula is C16H30N6O6S. The van der Waals surface area contributed by atoms with E-state index in [9.17, 15) is 24.0 Å². The number of nitrogens with one attached hydrogen (secondary N) is 3. The first-order chi connectivity index (χ1) is 13.6. The van der Waals surface area contributed by atoms with Crippen LogP contribution in [-0.4, -0.2) is 71.7 Å². The van der Waals surface area contributed by atoms with Crippen LogP contribution in [0.2, 0.25) is 0 Å². The zero-order valence-corrected chi connectivity index (χ0v) is 17.0. The molecule has 0 aromatic carbocycles. The molecule has 10 N–H and O–H groups in total. The number of carboxylic acid groups (broad SMARTS) is 1. The molecule has 0 spiro atoms. The molecule has 0 aliphatic heterocycles. The van der Waals surface area contributed by atoms with E-state index in [4.69, 9.17) is 22.3 Å². The second-order valence-electron chi connectivity index (χ2n) is 6.31. The van der Waals surface area contributed by atoms with Gasteiger partial charge >= 0.3 is 5.97 Å². The lowest BCUT2D eigenvalue weighted by atomic mass is 10.1. The minimum Gasteiger partial charge on any atom is -0.480 e. The lowest BCUT2D eigenvalue weighted by Gasteiger charge is -2.23. The molecule has 0 radical (unpaired) electrons. The molecular weight excluding hydrogens is 404 g/mol. The zero-order chi connectivity index (χ0) is 22.4. The maximum atomic E-state index is 12.5. The first kappa shape index (κ1) is 26.6. The molecule has 3 unspecified atom stereocenters. The number of hydrogen-bond donors (Lipinski definition) is 8. The van der Waals surface area contributed by atoms with Gasteiger partial charge in [0.25, 0.3) is 0 Å². The van der Waals surface area contributed by atoms with Gasteiger partial charge in [0.2, 0.25) is 23.6 Å². The molecule has 166 valence electrons. The Labute approximate surface area is 174 Å². The van der Waals surface area contributed by atoms with Crippen LogP contribution in [-0.2, 0) is 24.0 Å². The van der Waals surface area contributed by atoms with Gasteiger partial charge in [-0.15, -0.1) is 0 Å². The van der Waals surface area contributed by atoms with E-state index < -0.39 is 54.3 Å². The fourth-order valence-electron chi connectivity index (χ4n) is 2.22. The van der Waals surface area contributed by atoms with E-state index in [1.54, 1.807) is 0 Å². The van der Waals surface area contributed by atoms with Crippen molar-refractivity contribution >= 4 is 42.2 Å². The number of thiol groups is 1. The summed E-state index contributed by atoms with van der Waals surface area (Å²) in [5, 5.41) is 15.8. The molecule has 4 amide bonds. The number of nitrogens with two attached hydrogens (primary N) is 3. The Morgan fingerprint density at radius 2 is 1.55 bits per heavy atom. The summed E-state index contributed by atoms with van der Waals surface area (Å²) in [6.07, 6.45) is 1.30. The predicted octanol–water partition coefficient (Wildman–Crippen LogP) is -3.19. The van der Waals surface area contributed by atoms with Gasteiger partial charge in [-0.1, -0.05) is 0 Å². The summed E-state index contributed by atoms with van der Waals surface area (Å²) in [4.78, 5) is 58.1. The molecule has 12 nitrogen and oxygen atoms in total. The molecule has 0 bridgehead atoms. The third-order valence-electron chi connectivity index (χ3n) is 3.85. The van der Waals surface area contributed by atoms with Crippen molar-refractivity contribution < 1.29 is 29.1 Å². The van der Waals surface area contributed by atoms with Gasteiger partial charge in [-0.2, -0.15) is 12.6 Å². The number of rotatable bonds is 15. The molecule has 0 heterocycles. The molecule has 0 aromatic heterocycles. The van der Waals surface area contributed by atoms with Crippen molar-refractivity contribution in [2.45, 2.75) is 50.2 Å². The largest absolute Gasteiger partial charge is 0.480 e. The molecule has 0 saturated heterocycles. The van der Waals surface area contributed by atoms with Crippen molar-refractivity contribution in [1.82, 2.24) is 16.0 Å². The van der Waals surface area contributed by atoms with E-state index in [2.05, 4.69) is 28.6 Å². The van der Waals surface area contributed by atoms with Gasteiger partial charge in [0, 0.05) is 12.2 Å². The van der Waals surface area contributed by atoms with Crippen LogP contribution in [0.15, 0.2) is 0 Å². The second-order valence-corrected chi connectivity index (χ2v) is 6.68. The topological polar surface area (TPSA) is 220 Å². The quantitative estimate of drug-likeness (QED) is 0.0966. The summed E-state index contributed by atoms with van der Waals surface area (Å²) in [5.74, 6) is -3.93. The first-order valence-corrected chi connectivity index (χ1v) is 9.70. The van der Waals surface area contributed by atoms with E-state index in [0.29, 0.717) is 19.4 Å². The molecule has 0 aromatic rings.